The number of aryl methyl sites for hydroxylation is 1. The number of ether oxygens (including phenoxy) is 1. The number of likely N-dealkylation sites (N-methyl/N-ethyl adjacent to an activating group) is 1. The van der Waals surface area contributed by atoms with E-state index < -0.39 is 27.8 Å². The fraction of sp³-hybridized carbons (Fsp3) is 0.296. The standard InChI is InChI=1S/C27H31N5O5S/c1-18-9-8-12-24(28-18)19(2)30-38(35,36)31-26(34)29-27(17-23(27)20-10-6-5-7-11-20)25(33)32(3)21-13-15-22(37-4)16-14-21/h5-16,19,23,30H,17H2,1-4H3,(H2,29,31,34)/t19?,23?,27-/m0/s1. The molecular formula is C27H31N5O5S. The molecule has 1 aromatic heterocycles. The van der Waals surface area contributed by atoms with Crippen LogP contribution in [0.5, 0.6) is 5.75 Å². The van der Waals surface area contributed by atoms with Crippen LogP contribution in [-0.2, 0) is 15.0 Å². The average molecular weight is 538 g/mol. The lowest BCUT2D eigenvalue weighted by atomic mass is 10.0. The number of pyridine rings is 1. The Morgan fingerprint density at radius 1 is 1.05 bits per heavy atom. The topological polar surface area (TPSA) is 130 Å². The number of rotatable bonds is 9. The van der Waals surface area contributed by atoms with Crippen LogP contribution in [0.3, 0.4) is 0 Å². The van der Waals surface area contributed by atoms with Crippen LogP contribution < -0.4 is 24.4 Å². The van der Waals surface area contributed by atoms with Crippen LogP contribution in [0, 0.1) is 6.92 Å². The van der Waals surface area contributed by atoms with E-state index in [9.17, 15) is 18.0 Å². The molecule has 1 aliphatic carbocycles. The minimum Gasteiger partial charge on any atom is -0.497 e. The molecule has 11 heteroatoms. The van der Waals surface area contributed by atoms with Crippen LogP contribution in [-0.4, -0.2) is 45.0 Å². The Morgan fingerprint density at radius 3 is 2.37 bits per heavy atom. The molecule has 0 bridgehead atoms. The first-order valence-corrected chi connectivity index (χ1v) is 13.6. The Bertz CT molecular complexity index is 1420. The number of carbonyl (C=O) groups is 2. The predicted molar refractivity (Wildman–Crippen MR) is 144 cm³/mol. The summed E-state index contributed by atoms with van der Waals surface area (Å²) in [5.41, 5.74) is 1.39. The molecule has 1 aliphatic rings. The molecule has 2 unspecified atom stereocenters. The molecule has 200 valence electrons. The summed E-state index contributed by atoms with van der Waals surface area (Å²) in [6.07, 6.45) is 0.320. The molecule has 4 rings (SSSR count). The van der Waals surface area contributed by atoms with Gasteiger partial charge in [0.25, 0.3) is 5.91 Å². The number of benzene rings is 2. The summed E-state index contributed by atoms with van der Waals surface area (Å²) in [7, 11) is -1.10. The van der Waals surface area contributed by atoms with Gasteiger partial charge in [0.15, 0.2) is 0 Å². The average Bonchev–Trinajstić information content (AvgIpc) is 3.62. The maximum atomic E-state index is 13.7. The molecule has 0 aliphatic heterocycles. The van der Waals surface area contributed by atoms with Gasteiger partial charge in [0.2, 0.25) is 0 Å². The van der Waals surface area contributed by atoms with E-state index in [4.69, 9.17) is 4.74 Å². The highest BCUT2D eigenvalue weighted by atomic mass is 32.2. The Kier molecular flexibility index (Phi) is 7.70. The molecule has 0 spiro atoms. The molecule has 2 aromatic carbocycles. The van der Waals surface area contributed by atoms with Gasteiger partial charge in [-0.15, -0.1) is 0 Å². The van der Waals surface area contributed by atoms with E-state index >= 15 is 0 Å². The van der Waals surface area contributed by atoms with Crippen molar-refractivity contribution in [2.24, 2.45) is 0 Å². The van der Waals surface area contributed by atoms with E-state index in [1.54, 1.807) is 70.5 Å². The maximum absolute atomic E-state index is 13.7. The molecule has 0 radical (unpaired) electrons. The van der Waals surface area contributed by atoms with Crippen molar-refractivity contribution in [3.8, 4) is 5.75 Å². The van der Waals surface area contributed by atoms with Crippen LogP contribution in [0.4, 0.5) is 10.5 Å². The molecule has 1 heterocycles. The number of hydrogen-bond acceptors (Lipinski definition) is 6. The smallest absolute Gasteiger partial charge is 0.330 e. The number of aromatic nitrogens is 1. The molecule has 3 atom stereocenters. The SMILES string of the molecule is COc1ccc(N(C)C(=O)[C@]2(NC(=O)NS(=O)(=O)NC(C)c3cccc(C)n3)CC2c2ccccc2)cc1. The highest BCUT2D eigenvalue weighted by molar-refractivity contribution is 7.88. The second-order valence-electron chi connectivity index (χ2n) is 9.30. The van der Waals surface area contributed by atoms with Gasteiger partial charge in [-0.05, 0) is 62.2 Å². The number of urea groups is 1. The molecule has 1 saturated carbocycles. The molecule has 1 fully saturated rings. The minimum absolute atomic E-state index is 0.320. The Morgan fingerprint density at radius 2 is 1.74 bits per heavy atom. The summed E-state index contributed by atoms with van der Waals surface area (Å²) < 4.78 is 35.0. The largest absolute Gasteiger partial charge is 0.497 e. The monoisotopic (exact) mass is 537 g/mol. The lowest BCUT2D eigenvalue weighted by Gasteiger charge is -2.26. The normalized spacial score (nSPS) is 19.2. The predicted octanol–water partition coefficient (Wildman–Crippen LogP) is 3.18. The van der Waals surface area contributed by atoms with Crippen molar-refractivity contribution in [1.29, 1.82) is 0 Å². The fourth-order valence-electron chi connectivity index (χ4n) is 4.48. The first-order valence-electron chi connectivity index (χ1n) is 12.1. The molecule has 0 saturated heterocycles. The number of hydrogen-bond donors (Lipinski definition) is 3. The van der Waals surface area contributed by atoms with E-state index in [2.05, 4.69) is 15.0 Å². The first kappa shape index (κ1) is 27.1. The van der Waals surface area contributed by atoms with Gasteiger partial charge in [0.1, 0.15) is 11.3 Å². The fourth-order valence-corrected chi connectivity index (χ4v) is 5.42. The van der Waals surface area contributed by atoms with Gasteiger partial charge in [0, 0.05) is 24.3 Å². The zero-order valence-corrected chi connectivity index (χ0v) is 22.5. The zero-order valence-electron chi connectivity index (χ0n) is 21.6. The van der Waals surface area contributed by atoms with Crippen LogP contribution >= 0.6 is 0 Å². The van der Waals surface area contributed by atoms with E-state index in [-0.39, 0.29) is 11.8 Å². The summed E-state index contributed by atoms with van der Waals surface area (Å²) in [5, 5.41) is 2.67. The number of methoxy groups -OCH3 is 1. The van der Waals surface area contributed by atoms with Crippen molar-refractivity contribution in [3.05, 3.63) is 89.7 Å². The zero-order chi connectivity index (χ0) is 27.5. The number of amides is 3. The highest BCUT2D eigenvalue weighted by Crippen LogP contribution is 2.52. The molecular weight excluding hydrogens is 506 g/mol. The van der Waals surface area contributed by atoms with Crippen LogP contribution in [0.15, 0.2) is 72.8 Å². The Balaban J connectivity index is 1.52. The first-order chi connectivity index (χ1) is 18.0. The summed E-state index contributed by atoms with van der Waals surface area (Å²) in [5.74, 6) is -0.0497. The number of nitrogens with zero attached hydrogens (tertiary/aromatic N) is 2. The van der Waals surface area contributed by atoms with Crippen molar-refractivity contribution < 1.29 is 22.7 Å². The number of anilines is 1. The van der Waals surface area contributed by atoms with Crippen LogP contribution in [0.2, 0.25) is 0 Å². The maximum Gasteiger partial charge on any atom is 0.330 e. The number of nitrogens with one attached hydrogen (secondary N) is 3. The summed E-state index contributed by atoms with van der Waals surface area (Å²) >= 11 is 0. The molecule has 3 N–H and O–H groups in total. The van der Waals surface area contributed by atoms with E-state index in [1.807, 2.05) is 35.1 Å². The van der Waals surface area contributed by atoms with Crippen LogP contribution in [0.1, 0.15) is 42.3 Å². The van der Waals surface area contributed by atoms with Crippen molar-refractivity contribution >= 4 is 27.8 Å². The second-order valence-corrected chi connectivity index (χ2v) is 10.8. The minimum atomic E-state index is -4.26. The lowest BCUT2D eigenvalue weighted by molar-refractivity contribution is -0.121. The second kappa shape index (κ2) is 10.8. The van der Waals surface area contributed by atoms with Gasteiger partial charge in [-0.3, -0.25) is 9.78 Å². The van der Waals surface area contributed by atoms with Gasteiger partial charge < -0.3 is 15.0 Å². The molecule has 3 aromatic rings. The highest BCUT2D eigenvalue weighted by Gasteiger charge is 2.63. The van der Waals surface area contributed by atoms with Crippen molar-refractivity contribution in [3.63, 3.8) is 0 Å². The lowest BCUT2D eigenvalue weighted by Crippen LogP contribution is -2.55. The third-order valence-corrected chi connectivity index (χ3v) is 7.68. The summed E-state index contributed by atoms with van der Waals surface area (Å²) in [4.78, 5) is 32.5. The van der Waals surface area contributed by atoms with Gasteiger partial charge in [-0.2, -0.15) is 13.1 Å². The summed E-state index contributed by atoms with van der Waals surface area (Å²) in [6, 6.07) is 19.8. The van der Waals surface area contributed by atoms with E-state index in [0.29, 0.717) is 23.6 Å². The van der Waals surface area contributed by atoms with Crippen LogP contribution in [0.25, 0.3) is 0 Å². The quantitative estimate of drug-likeness (QED) is 0.384. The van der Waals surface area contributed by atoms with Gasteiger partial charge in [-0.25, -0.2) is 9.52 Å². The third-order valence-electron chi connectivity index (χ3n) is 6.56. The Labute approximate surface area is 222 Å². The molecule has 3 amide bonds. The van der Waals surface area contributed by atoms with E-state index in [1.165, 1.54) is 4.90 Å². The van der Waals surface area contributed by atoms with Gasteiger partial charge >= 0.3 is 16.2 Å². The molecule has 38 heavy (non-hydrogen) atoms. The third kappa shape index (κ3) is 5.95. The Hall–Kier alpha value is -3.96. The summed E-state index contributed by atoms with van der Waals surface area (Å²) in [6.45, 7) is 3.43. The van der Waals surface area contributed by atoms with E-state index in [0.717, 1.165) is 11.3 Å². The molecule has 10 nitrogen and oxygen atoms in total. The van der Waals surface area contributed by atoms with Gasteiger partial charge in [0.05, 0.1) is 18.8 Å². The van der Waals surface area contributed by atoms with Crippen molar-refractivity contribution in [2.45, 2.75) is 37.8 Å². The van der Waals surface area contributed by atoms with Crippen molar-refractivity contribution in [1.82, 2.24) is 19.7 Å². The van der Waals surface area contributed by atoms with Gasteiger partial charge in [-0.1, -0.05) is 36.4 Å². The number of carbonyl (C=O) groups excluding carboxylic acids is 2. The van der Waals surface area contributed by atoms with Crippen molar-refractivity contribution in [2.75, 3.05) is 19.1 Å².